The van der Waals surface area contributed by atoms with Crippen LogP contribution in [0.3, 0.4) is 0 Å². The predicted molar refractivity (Wildman–Crippen MR) is 106 cm³/mol. The molecule has 0 atom stereocenters. The van der Waals surface area contributed by atoms with Crippen molar-refractivity contribution < 1.29 is 4.79 Å². The van der Waals surface area contributed by atoms with Gasteiger partial charge in [-0.3, -0.25) is 9.59 Å². The maximum atomic E-state index is 12.3. The smallest absolute Gasteiger partial charge is 0.251 e. The minimum Gasteiger partial charge on any atom is -0.324 e. The summed E-state index contributed by atoms with van der Waals surface area (Å²) in [7, 11) is 0. The van der Waals surface area contributed by atoms with Crippen LogP contribution in [-0.2, 0) is 4.79 Å². The molecule has 0 saturated carbocycles. The van der Waals surface area contributed by atoms with Gasteiger partial charge in [-0.15, -0.1) is 0 Å². The lowest BCUT2D eigenvalue weighted by atomic mass is 10.3. The van der Waals surface area contributed by atoms with Crippen molar-refractivity contribution in [2.75, 3.05) is 11.1 Å². The van der Waals surface area contributed by atoms with Gasteiger partial charge in [-0.25, -0.2) is 4.98 Å². The van der Waals surface area contributed by atoms with Crippen LogP contribution in [0.2, 0.25) is 0 Å². The number of aromatic amines is 1. The van der Waals surface area contributed by atoms with E-state index in [9.17, 15) is 9.59 Å². The highest BCUT2D eigenvalue weighted by atomic mass is 32.2. The van der Waals surface area contributed by atoms with Gasteiger partial charge in [-0.2, -0.15) is 0 Å². The van der Waals surface area contributed by atoms with E-state index >= 15 is 0 Å². The first-order chi connectivity index (χ1) is 12.6. The Labute approximate surface area is 159 Å². The summed E-state index contributed by atoms with van der Waals surface area (Å²) in [6.45, 7) is 1.75. The zero-order valence-corrected chi connectivity index (χ0v) is 15.7. The van der Waals surface area contributed by atoms with E-state index in [4.69, 9.17) is 0 Å². The molecule has 2 aromatic carbocycles. The SMILES string of the molecule is Cc1cc(=O)[nH]c(SCC(=O)Nc2ccccc2Sc2ccccc2)n1. The lowest BCUT2D eigenvalue weighted by molar-refractivity contribution is -0.113. The molecule has 0 saturated heterocycles. The summed E-state index contributed by atoms with van der Waals surface area (Å²) in [5, 5.41) is 3.37. The third-order valence-electron chi connectivity index (χ3n) is 3.32. The lowest BCUT2D eigenvalue weighted by Crippen LogP contribution is -2.16. The van der Waals surface area contributed by atoms with Gasteiger partial charge < -0.3 is 10.3 Å². The van der Waals surface area contributed by atoms with E-state index < -0.39 is 0 Å². The number of carbonyl (C=O) groups is 1. The highest BCUT2D eigenvalue weighted by molar-refractivity contribution is 8.00. The molecule has 1 aromatic heterocycles. The van der Waals surface area contributed by atoms with Crippen LogP contribution in [0, 0.1) is 6.92 Å². The van der Waals surface area contributed by atoms with Gasteiger partial charge >= 0.3 is 0 Å². The molecule has 0 unspecified atom stereocenters. The molecule has 3 rings (SSSR count). The van der Waals surface area contributed by atoms with E-state index in [1.165, 1.54) is 17.8 Å². The molecule has 132 valence electrons. The second-order valence-corrected chi connectivity index (χ2v) is 7.52. The molecule has 0 aliphatic rings. The van der Waals surface area contributed by atoms with Gasteiger partial charge in [-0.1, -0.05) is 53.9 Å². The Morgan fingerprint density at radius 2 is 1.85 bits per heavy atom. The molecule has 1 heterocycles. The van der Waals surface area contributed by atoms with Crippen molar-refractivity contribution in [1.29, 1.82) is 0 Å². The summed E-state index contributed by atoms with van der Waals surface area (Å²) < 4.78 is 0. The van der Waals surface area contributed by atoms with Gasteiger partial charge in [0, 0.05) is 21.6 Å². The molecule has 0 aliphatic carbocycles. The Morgan fingerprint density at radius 3 is 2.62 bits per heavy atom. The number of thioether (sulfide) groups is 1. The third-order valence-corrected chi connectivity index (χ3v) is 5.28. The Balaban J connectivity index is 1.65. The molecule has 0 spiro atoms. The van der Waals surface area contributed by atoms with E-state index in [0.29, 0.717) is 10.9 Å². The number of rotatable bonds is 6. The largest absolute Gasteiger partial charge is 0.324 e. The van der Waals surface area contributed by atoms with E-state index in [1.807, 2.05) is 54.6 Å². The number of para-hydroxylation sites is 1. The van der Waals surface area contributed by atoms with Crippen molar-refractivity contribution in [3.05, 3.63) is 76.7 Å². The number of amides is 1. The number of H-pyrrole nitrogens is 1. The van der Waals surface area contributed by atoms with Crippen molar-refractivity contribution in [3.63, 3.8) is 0 Å². The molecule has 26 heavy (non-hydrogen) atoms. The van der Waals surface area contributed by atoms with E-state index in [1.54, 1.807) is 18.7 Å². The first kappa shape index (κ1) is 18.3. The standard InChI is InChI=1S/C19H17N3O2S2/c1-13-11-17(23)22-19(20-13)25-12-18(24)21-15-9-5-6-10-16(15)26-14-7-3-2-4-8-14/h2-11H,12H2,1H3,(H,21,24)(H,20,22,23). The summed E-state index contributed by atoms with van der Waals surface area (Å²) in [5.74, 6) is 0.0109. The number of benzene rings is 2. The lowest BCUT2D eigenvalue weighted by Gasteiger charge is -2.10. The quantitative estimate of drug-likeness (QED) is 0.498. The van der Waals surface area contributed by atoms with Crippen molar-refractivity contribution in [2.24, 2.45) is 0 Å². The molecule has 1 amide bonds. The topological polar surface area (TPSA) is 74.8 Å². The predicted octanol–water partition coefficient (Wildman–Crippen LogP) is 3.96. The average Bonchev–Trinajstić information content (AvgIpc) is 2.62. The van der Waals surface area contributed by atoms with E-state index in [2.05, 4.69) is 15.3 Å². The van der Waals surface area contributed by atoms with Gasteiger partial charge in [0.1, 0.15) is 0 Å². The molecular formula is C19H17N3O2S2. The van der Waals surface area contributed by atoms with Crippen LogP contribution >= 0.6 is 23.5 Å². The number of anilines is 1. The van der Waals surface area contributed by atoms with Crippen molar-refractivity contribution in [3.8, 4) is 0 Å². The molecule has 0 aliphatic heterocycles. The van der Waals surface area contributed by atoms with Gasteiger partial charge in [-0.05, 0) is 31.2 Å². The molecule has 7 heteroatoms. The summed E-state index contributed by atoms with van der Waals surface area (Å²) in [4.78, 5) is 32.7. The molecule has 0 fully saturated rings. The number of nitrogens with one attached hydrogen (secondary N) is 2. The maximum Gasteiger partial charge on any atom is 0.251 e. The maximum absolute atomic E-state index is 12.3. The minimum atomic E-state index is -0.218. The third kappa shape index (κ3) is 5.24. The van der Waals surface area contributed by atoms with Crippen LogP contribution < -0.4 is 10.9 Å². The van der Waals surface area contributed by atoms with Crippen LogP contribution in [-0.4, -0.2) is 21.6 Å². The number of hydrogen-bond acceptors (Lipinski definition) is 5. The molecule has 0 radical (unpaired) electrons. The minimum absolute atomic E-state index is 0.153. The summed E-state index contributed by atoms with van der Waals surface area (Å²) in [6.07, 6.45) is 0. The van der Waals surface area contributed by atoms with Crippen molar-refractivity contribution >= 4 is 35.1 Å². The molecule has 5 nitrogen and oxygen atoms in total. The van der Waals surface area contributed by atoms with Crippen molar-refractivity contribution in [1.82, 2.24) is 9.97 Å². The monoisotopic (exact) mass is 383 g/mol. The normalized spacial score (nSPS) is 10.5. The number of aryl methyl sites for hydroxylation is 1. The molecular weight excluding hydrogens is 366 g/mol. The van der Waals surface area contributed by atoms with Crippen LogP contribution in [0.25, 0.3) is 0 Å². The number of aromatic nitrogens is 2. The van der Waals surface area contributed by atoms with Crippen LogP contribution in [0.5, 0.6) is 0 Å². The second-order valence-electron chi connectivity index (χ2n) is 5.44. The van der Waals surface area contributed by atoms with Crippen LogP contribution in [0.1, 0.15) is 5.69 Å². The Kier molecular flexibility index (Phi) is 6.14. The fourth-order valence-corrected chi connectivity index (χ4v) is 3.86. The summed E-state index contributed by atoms with van der Waals surface area (Å²) in [6, 6.07) is 19.1. The summed E-state index contributed by atoms with van der Waals surface area (Å²) in [5.41, 5.74) is 1.17. The van der Waals surface area contributed by atoms with Gasteiger partial charge in [0.25, 0.3) is 5.56 Å². The Bertz CT molecular complexity index is 958. The number of hydrogen-bond donors (Lipinski definition) is 2. The Hall–Kier alpha value is -2.51. The molecule has 3 aromatic rings. The Morgan fingerprint density at radius 1 is 1.12 bits per heavy atom. The van der Waals surface area contributed by atoms with Gasteiger partial charge in [0.05, 0.1) is 11.4 Å². The highest BCUT2D eigenvalue weighted by Crippen LogP contribution is 2.33. The fourth-order valence-electron chi connectivity index (χ4n) is 2.21. The second kappa shape index (κ2) is 8.73. The van der Waals surface area contributed by atoms with Crippen LogP contribution in [0.4, 0.5) is 5.69 Å². The van der Waals surface area contributed by atoms with E-state index in [-0.39, 0.29) is 17.2 Å². The number of nitrogens with zero attached hydrogens (tertiary/aromatic N) is 1. The summed E-state index contributed by atoms with van der Waals surface area (Å²) >= 11 is 2.79. The zero-order valence-electron chi connectivity index (χ0n) is 14.1. The number of carbonyl (C=O) groups excluding carboxylic acids is 1. The van der Waals surface area contributed by atoms with Gasteiger partial charge in [0.2, 0.25) is 5.91 Å². The first-order valence-electron chi connectivity index (χ1n) is 7.93. The molecule has 0 bridgehead atoms. The van der Waals surface area contributed by atoms with Crippen molar-refractivity contribution in [2.45, 2.75) is 21.9 Å². The first-order valence-corrected chi connectivity index (χ1v) is 9.73. The average molecular weight is 383 g/mol. The highest BCUT2D eigenvalue weighted by Gasteiger charge is 2.09. The van der Waals surface area contributed by atoms with Crippen LogP contribution in [0.15, 0.2) is 80.4 Å². The van der Waals surface area contributed by atoms with Gasteiger partial charge in [0.15, 0.2) is 5.16 Å². The molecule has 2 N–H and O–H groups in total. The zero-order chi connectivity index (χ0) is 18.4. The van der Waals surface area contributed by atoms with E-state index in [0.717, 1.165) is 15.5 Å². The fraction of sp³-hybridized carbons (Fsp3) is 0.105.